The van der Waals surface area contributed by atoms with Gasteiger partial charge in [0.15, 0.2) is 0 Å². The Morgan fingerprint density at radius 1 is 1.36 bits per heavy atom. The predicted molar refractivity (Wildman–Crippen MR) is 90.2 cm³/mol. The van der Waals surface area contributed by atoms with E-state index in [1.54, 1.807) is 18.2 Å². The van der Waals surface area contributed by atoms with E-state index in [4.69, 9.17) is 5.73 Å². The van der Waals surface area contributed by atoms with Gasteiger partial charge in [-0.3, -0.25) is 9.10 Å². The van der Waals surface area contributed by atoms with Gasteiger partial charge in [-0.1, -0.05) is 0 Å². The van der Waals surface area contributed by atoms with Crippen molar-refractivity contribution in [1.29, 1.82) is 0 Å². The van der Waals surface area contributed by atoms with Gasteiger partial charge < -0.3 is 11.1 Å². The molecule has 1 heterocycles. The van der Waals surface area contributed by atoms with Gasteiger partial charge in [-0.05, 0) is 49.6 Å². The van der Waals surface area contributed by atoms with Gasteiger partial charge in [0.25, 0.3) is 5.91 Å². The minimum absolute atomic E-state index is 0. The molecule has 0 radical (unpaired) electrons. The zero-order valence-corrected chi connectivity index (χ0v) is 14.2. The van der Waals surface area contributed by atoms with E-state index in [0.717, 1.165) is 18.4 Å². The molecule has 0 aliphatic carbocycles. The number of fused-ring (bicyclic) bond motifs is 1. The molecule has 1 aliphatic heterocycles. The van der Waals surface area contributed by atoms with Crippen LogP contribution in [0.15, 0.2) is 18.2 Å². The minimum atomic E-state index is -3.25. The third-order valence-corrected chi connectivity index (χ3v) is 4.69. The third-order valence-electron chi connectivity index (χ3n) is 3.51. The Morgan fingerprint density at radius 2 is 2.09 bits per heavy atom. The number of carbonyl (C=O) groups is 1. The van der Waals surface area contributed by atoms with Crippen molar-refractivity contribution in [2.75, 3.05) is 30.2 Å². The first-order chi connectivity index (χ1) is 9.93. The summed E-state index contributed by atoms with van der Waals surface area (Å²) in [5, 5.41) is 2.84. The summed E-state index contributed by atoms with van der Waals surface area (Å²) >= 11 is 0. The molecular formula is C14H22ClN3O3S. The van der Waals surface area contributed by atoms with Gasteiger partial charge in [0.2, 0.25) is 10.0 Å². The molecule has 1 aromatic carbocycles. The molecule has 0 aromatic heterocycles. The summed E-state index contributed by atoms with van der Waals surface area (Å²) in [6, 6.07) is 5.15. The van der Waals surface area contributed by atoms with Crippen LogP contribution in [0, 0.1) is 0 Å². The number of benzene rings is 1. The van der Waals surface area contributed by atoms with Crippen molar-refractivity contribution in [3.05, 3.63) is 29.3 Å². The number of nitrogens with zero attached hydrogens (tertiary/aromatic N) is 1. The van der Waals surface area contributed by atoms with Gasteiger partial charge in [0, 0.05) is 18.7 Å². The second-order valence-corrected chi connectivity index (χ2v) is 7.09. The molecule has 3 N–H and O–H groups in total. The summed E-state index contributed by atoms with van der Waals surface area (Å²) in [5.74, 6) is -0.132. The van der Waals surface area contributed by atoms with E-state index < -0.39 is 10.0 Å². The second-order valence-electron chi connectivity index (χ2n) is 5.18. The monoisotopic (exact) mass is 347 g/mol. The smallest absolute Gasteiger partial charge is 0.251 e. The van der Waals surface area contributed by atoms with E-state index in [-0.39, 0.29) is 18.3 Å². The molecule has 0 spiro atoms. The lowest BCUT2D eigenvalue weighted by molar-refractivity contribution is 0.0953. The van der Waals surface area contributed by atoms with E-state index in [2.05, 4.69) is 5.32 Å². The van der Waals surface area contributed by atoms with Crippen molar-refractivity contribution in [2.45, 2.75) is 19.3 Å². The number of rotatable bonds is 6. The normalized spacial score (nSPS) is 13.5. The van der Waals surface area contributed by atoms with Gasteiger partial charge >= 0.3 is 0 Å². The Hall–Kier alpha value is -1.31. The van der Waals surface area contributed by atoms with Crippen molar-refractivity contribution in [1.82, 2.24) is 5.32 Å². The fourth-order valence-electron chi connectivity index (χ4n) is 2.43. The molecule has 6 nitrogen and oxygen atoms in total. The molecule has 2 rings (SSSR count). The van der Waals surface area contributed by atoms with Crippen LogP contribution < -0.4 is 15.4 Å². The largest absolute Gasteiger partial charge is 0.352 e. The highest BCUT2D eigenvalue weighted by Gasteiger charge is 2.26. The van der Waals surface area contributed by atoms with Crippen LogP contribution in [0.3, 0.4) is 0 Å². The first-order valence-electron chi connectivity index (χ1n) is 7.02. The molecule has 22 heavy (non-hydrogen) atoms. The highest BCUT2D eigenvalue weighted by molar-refractivity contribution is 7.92. The molecule has 0 atom stereocenters. The van der Waals surface area contributed by atoms with Crippen LogP contribution in [-0.4, -0.2) is 40.2 Å². The molecule has 1 aliphatic rings. The van der Waals surface area contributed by atoms with Crippen molar-refractivity contribution in [2.24, 2.45) is 5.73 Å². The van der Waals surface area contributed by atoms with Crippen LogP contribution in [0.4, 0.5) is 5.69 Å². The van der Waals surface area contributed by atoms with Crippen molar-refractivity contribution in [3.63, 3.8) is 0 Å². The van der Waals surface area contributed by atoms with Crippen LogP contribution in [-0.2, 0) is 16.4 Å². The molecule has 124 valence electrons. The number of sulfonamides is 1. The zero-order valence-electron chi connectivity index (χ0n) is 12.5. The SMILES string of the molecule is CS(=O)(=O)N1CCc2cc(C(=O)NCCCCN)ccc21.Cl. The fraction of sp³-hybridized carbons (Fsp3) is 0.500. The Bertz CT molecular complexity index is 634. The fourth-order valence-corrected chi connectivity index (χ4v) is 3.39. The Morgan fingerprint density at radius 3 is 2.73 bits per heavy atom. The highest BCUT2D eigenvalue weighted by Crippen LogP contribution is 2.30. The van der Waals surface area contributed by atoms with E-state index in [9.17, 15) is 13.2 Å². The van der Waals surface area contributed by atoms with Gasteiger partial charge in [-0.15, -0.1) is 12.4 Å². The molecule has 0 fully saturated rings. The van der Waals surface area contributed by atoms with E-state index in [0.29, 0.717) is 37.3 Å². The summed E-state index contributed by atoms with van der Waals surface area (Å²) in [7, 11) is -3.25. The summed E-state index contributed by atoms with van der Waals surface area (Å²) in [6.45, 7) is 1.66. The topological polar surface area (TPSA) is 92.5 Å². The van der Waals surface area contributed by atoms with Gasteiger partial charge in [0.1, 0.15) is 0 Å². The maximum Gasteiger partial charge on any atom is 0.251 e. The summed E-state index contributed by atoms with van der Waals surface area (Å²) in [4.78, 5) is 12.0. The van der Waals surface area contributed by atoms with Crippen LogP contribution in [0.2, 0.25) is 0 Å². The van der Waals surface area contributed by atoms with Crippen molar-refractivity contribution < 1.29 is 13.2 Å². The molecule has 0 bridgehead atoms. The number of carbonyl (C=O) groups excluding carboxylic acids is 1. The van der Waals surface area contributed by atoms with Crippen molar-refractivity contribution >= 4 is 34.0 Å². The Kier molecular flexibility index (Phi) is 6.65. The summed E-state index contributed by atoms with van der Waals surface area (Å²) in [6.07, 6.45) is 3.57. The molecule has 0 unspecified atom stereocenters. The average Bonchev–Trinajstić information content (AvgIpc) is 2.86. The van der Waals surface area contributed by atoms with E-state index in [1.807, 2.05) is 0 Å². The highest BCUT2D eigenvalue weighted by atomic mass is 35.5. The number of anilines is 1. The average molecular weight is 348 g/mol. The molecule has 0 saturated heterocycles. The van der Waals surface area contributed by atoms with Crippen molar-refractivity contribution in [3.8, 4) is 0 Å². The third kappa shape index (κ3) is 4.34. The molecule has 0 saturated carbocycles. The number of hydrogen-bond acceptors (Lipinski definition) is 4. The zero-order chi connectivity index (χ0) is 15.5. The molecule has 8 heteroatoms. The lowest BCUT2D eigenvalue weighted by atomic mass is 10.1. The molecule has 1 amide bonds. The number of nitrogens with one attached hydrogen (secondary N) is 1. The number of unbranched alkanes of at least 4 members (excludes halogenated alkanes) is 1. The summed E-state index contributed by atoms with van der Waals surface area (Å²) in [5.41, 5.74) is 7.54. The number of halogens is 1. The van der Waals surface area contributed by atoms with Crippen LogP contribution in [0.5, 0.6) is 0 Å². The van der Waals surface area contributed by atoms with Crippen LogP contribution in [0.25, 0.3) is 0 Å². The maximum absolute atomic E-state index is 12.0. The standard InChI is InChI=1S/C14H21N3O3S.ClH/c1-21(19,20)17-9-6-11-10-12(4-5-13(11)17)14(18)16-8-3-2-7-15;/h4-5,10H,2-3,6-9,15H2,1H3,(H,16,18);1H. The lowest BCUT2D eigenvalue weighted by Crippen LogP contribution is -2.27. The first-order valence-corrected chi connectivity index (χ1v) is 8.87. The first kappa shape index (κ1) is 18.7. The predicted octanol–water partition coefficient (Wildman–Crippen LogP) is 0.899. The number of hydrogen-bond donors (Lipinski definition) is 2. The van der Waals surface area contributed by atoms with Crippen LogP contribution >= 0.6 is 12.4 Å². The second kappa shape index (κ2) is 7.80. The molecule has 1 aromatic rings. The van der Waals surface area contributed by atoms with Gasteiger partial charge in [-0.25, -0.2) is 8.42 Å². The number of amides is 1. The van der Waals surface area contributed by atoms with E-state index >= 15 is 0 Å². The summed E-state index contributed by atoms with van der Waals surface area (Å²) < 4.78 is 24.7. The Labute approximate surface area is 137 Å². The minimum Gasteiger partial charge on any atom is -0.352 e. The van der Waals surface area contributed by atoms with Crippen LogP contribution in [0.1, 0.15) is 28.8 Å². The van der Waals surface area contributed by atoms with Gasteiger partial charge in [0.05, 0.1) is 11.9 Å². The maximum atomic E-state index is 12.0. The molecular weight excluding hydrogens is 326 g/mol. The van der Waals surface area contributed by atoms with E-state index in [1.165, 1.54) is 10.6 Å². The quantitative estimate of drug-likeness (QED) is 0.748. The Balaban J connectivity index is 0.00000242. The van der Waals surface area contributed by atoms with Gasteiger partial charge in [-0.2, -0.15) is 0 Å². The number of nitrogens with two attached hydrogens (primary N) is 1. The lowest BCUT2D eigenvalue weighted by Gasteiger charge is -2.16.